The van der Waals surface area contributed by atoms with Crippen LogP contribution in [0.1, 0.15) is 48.4 Å². The first-order valence-electron chi connectivity index (χ1n) is 8.12. The molecule has 0 aromatic heterocycles. The van der Waals surface area contributed by atoms with Crippen LogP contribution in [0.25, 0.3) is 0 Å². The van der Waals surface area contributed by atoms with Crippen LogP contribution in [0.4, 0.5) is 0 Å². The van der Waals surface area contributed by atoms with Gasteiger partial charge in [0.05, 0.1) is 0 Å². The van der Waals surface area contributed by atoms with E-state index in [1.807, 2.05) is 0 Å². The van der Waals surface area contributed by atoms with Crippen molar-refractivity contribution in [1.29, 1.82) is 0 Å². The van der Waals surface area contributed by atoms with Crippen molar-refractivity contribution in [3.63, 3.8) is 0 Å². The molecule has 1 heterocycles. The summed E-state index contributed by atoms with van der Waals surface area (Å²) in [7, 11) is 0. The highest BCUT2D eigenvalue weighted by Crippen LogP contribution is 2.18. The Kier molecular flexibility index (Phi) is 5.62. The van der Waals surface area contributed by atoms with Gasteiger partial charge in [-0.15, -0.1) is 0 Å². The van der Waals surface area contributed by atoms with Crippen LogP contribution in [0.2, 0.25) is 0 Å². The molecule has 0 spiro atoms. The van der Waals surface area contributed by atoms with Crippen molar-refractivity contribution in [2.75, 3.05) is 19.6 Å². The fourth-order valence-corrected chi connectivity index (χ4v) is 3.21. The molecular formula is C18H30N2. The standard InChI is InChI=1S/C18H30N2/c1-5-9-20(13-18-7-6-8-19-18)12-17-11-15(3)14(2)10-16(17)4/h10-11,18-19H,5-9,12-13H2,1-4H3. The lowest BCUT2D eigenvalue weighted by molar-refractivity contribution is 0.241. The fourth-order valence-electron chi connectivity index (χ4n) is 3.21. The Morgan fingerprint density at radius 1 is 1.15 bits per heavy atom. The quantitative estimate of drug-likeness (QED) is 0.853. The van der Waals surface area contributed by atoms with E-state index >= 15 is 0 Å². The molecule has 1 aromatic rings. The predicted molar refractivity (Wildman–Crippen MR) is 87.2 cm³/mol. The first kappa shape index (κ1) is 15.5. The average Bonchev–Trinajstić information content (AvgIpc) is 2.89. The molecule has 1 atom stereocenters. The van der Waals surface area contributed by atoms with E-state index in [1.165, 1.54) is 61.2 Å². The summed E-state index contributed by atoms with van der Waals surface area (Å²) in [5.41, 5.74) is 5.76. The number of hydrogen-bond donors (Lipinski definition) is 1. The first-order chi connectivity index (χ1) is 9.60. The lowest BCUT2D eigenvalue weighted by Gasteiger charge is -2.26. The summed E-state index contributed by atoms with van der Waals surface area (Å²) >= 11 is 0. The number of benzene rings is 1. The zero-order valence-electron chi connectivity index (χ0n) is 13.6. The van der Waals surface area contributed by atoms with Crippen molar-refractivity contribution in [2.45, 2.75) is 59.5 Å². The Morgan fingerprint density at radius 2 is 1.90 bits per heavy atom. The number of hydrogen-bond acceptors (Lipinski definition) is 2. The number of aryl methyl sites for hydroxylation is 3. The molecule has 112 valence electrons. The molecule has 2 heteroatoms. The van der Waals surface area contributed by atoms with Gasteiger partial charge in [0.15, 0.2) is 0 Å². The SMILES string of the molecule is CCCN(Cc1cc(C)c(C)cc1C)CC1CCCN1. The van der Waals surface area contributed by atoms with Gasteiger partial charge in [0.2, 0.25) is 0 Å². The first-order valence-corrected chi connectivity index (χ1v) is 8.12. The van der Waals surface area contributed by atoms with Crippen LogP contribution in [-0.2, 0) is 6.54 Å². The topological polar surface area (TPSA) is 15.3 Å². The Labute approximate surface area is 124 Å². The number of nitrogens with zero attached hydrogens (tertiary/aromatic N) is 1. The van der Waals surface area contributed by atoms with Crippen LogP contribution in [-0.4, -0.2) is 30.6 Å². The Balaban J connectivity index is 2.04. The van der Waals surface area contributed by atoms with Crippen molar-refractivity contribution in [2.24, 2.45) is 0 Å². The Morgan fingerprint density at radius 3 is 2.55 bits per heavy atom. The molecule has 0 bridgehead atoms. The smallest absolute Gasteiger partial charge is 0.0237 e. The van der Waals surface area contributed by atoms with E-state index in [-0.39, 0.29) is 0 Å². The second-order valence-electron chi connectivity index (χ2n) is 6.39. The van der Waals surface area contributed by atoms with Gasteiger partial charge in [0.1, 0.15) is 0 Å². The van der Waals surface area contributed by atoms with Crippen molar-refractivity contribution >= 4 is 0 Å². The summed E-state index contributed by atoms with van der Waals surface area (Å²) in [6.45, 7) is 13.7. The summed E-state index contributed by atoms with van der Waals surface area (Å²) < 4.78 is 0. The molecule has 1 saturated heterocycles. The highest BCUT2D eigenvalue weighted by Gasteiger charge is 2.18. The maximum Gasteiger partial charge on any atom is 0.0237 e. The largest absolute Gasteiger partial charge is 0.313 e. The minimum atomic E-state index is 0.702. The molecule has 1 aromatic carbocycles. The van der Waals surface area contributed by atoms with E-state index in [9.17, 15) is 0 Å². The second-order valence-corrected chi connectivity index (χ2v) is 6.39. The maximum absolute atomic E-state index is 3.62. The lowest BCUT2D eigenvalue weighted by atomic mass is 10.0. The summed E-state index contributed by atoms with van der Waals surface area (Å²) in [5.74, 6) is 0. The van der Waals surface area contributed by atoms with Crippen molar-refractivity contribution in [3.05, 3.63) is 34.4 Å². The summed E-state index contributed by atoms with van der Waals surface area (Å²) in [6, 6.07) is 5.42. The number of rotatable bonds is 6. The monoisotopic (exact) mass is 274 g/mol. The van der Waals surface area contributed by atoms with Crippen LogP contribution in [0, 0.1) is 20.8 Å². The highest BCUT2D eigenvalue weighted by molar-refractivity contribution is 5.36. The second kappa shape index (κ2) is 7.24. The predicted octanol–water partition coefficient (Wildman–Crippen LogP) is 3.58. The van der Waals surface area contributed by atoms with Crippen LogP contribution >= 0.6 is 0 Å². The molecule has 1 N–H and O–H groups in total. The van der Waals surface area contributed by atoms with Gasteiger partial charge < -0.3 is 5.32 Å². The zero-order chi connectivity index (χ0) is 14.5. The summed E-state index contributed by atoms with van der Waals surface area (Å²) in [6.07, 6.45) is 3.91. The third-order valence-corrected chi connectivity index (χ3v) is 4.53. The van der Waals surface area contributed by atoms with Crippen molar-refractivity contribution < 1.29 is 0 Å². The van der Waals surface area contributed by atoms with Gasteiger partial charge in [-0.1, -0.05) is 19.1 Å². The number of nitrogens with one attached hydrogen (secondary N) is 1. The molecule has 1 aliphatic rings. The molecule has 0 radical (unpaired) electrons. The average molecular weight is 274 g/mol. The molecule has 2 rings (SSSR count). The summed E-state index contributed by atoms with van der Waals surface area (Å²) in [4.78, 5) is 2.63. The molecule has 1 aliphatic heterocycles. The van der Waals surface area contributed by atoms with Gasteiger partial charge in [-0.05, 0) is 75.4 Å². The van der Waals surface area contributed by atoms with Gasteiger partial charge in [-0.25, -0.2) is 0 Å². The fraction of sp³-hybridized carbons (Fsp3) is 0.667. The third kappa shape index (κ3) is 4.07. The van der Waals surface area contributed by atoms with Crippen LogP contribution < -0.4 is 5.32 Å². The minimum absolute atomic E-state index is 0.702. The van der Waals surface area contributed by atoms with E-state index in [4.69, 9.17) is 0 Å². The third-order valence-electron chi connectivity index (χ3n) is 4.53. The molecule has 2 nitrogen and oxygen atoms in total. The van der Waals surface area contributed by atoms with Crippen LogP contribution in [0.3, 0.4) is 0 Å². The minimum Gasteiger partial charge on any atom is -0.313 e. The highest BCUT2D eigenvalue weighted by atomic mass is 15.1. The van der Waals surface area contributed by atoms with E-state index in [2.05, 4.69) is 50.0 Å². The normalized spacial score (nSPS) is 18.9. The Bertz CT molecular complexity index is 433. The molecular weight excluding hydrogens is 244 g/mol. The van der Waals surface area contributed by atoms with Gasteiger partial charge in [-0.3, -0.25) is 4.90 Å². The van der Waals surface area contributed by atoms with Gasteiger partial charge in [-0.2, -0.15) is 0 Å². The molecule has 0 saturated carbocycles. The van der Waals surface area contributed by atoms with E-state index < -0.39 is 0 Å². The van der Waals surface area contributed by atoms with Gasteiger partial charge in [0.25, 0.3) is 0 Å². The van der Waals surface area contributed by atoms with Gasteiger partial charge in [0, 0.05) is 19.1 Å². The Hall–Kier alpha value is -0.860. The molecule has 20 heavy (non-hydrogen) atoms. The van der Waals surface area contributed by atoms with Crippen molar-refractivity contribution in [3.8, 4) is 0 Å². The maximum atomic E-state index is 3.62. The zero-order valence-corrected chi connectivity index (χ0v) is 13.6. The van der Waals surface area contributed by atoms with Crippen molar-refractivity contribution in [1.82, 2.24) is 10.2 Å². The van der Waals surface area contributed by atoms with Crippen LogP contribution in [0.15, 0.2) is 12.1 Å². The molecule has 0 aliphatic carbocycles. The molecule has 1 fully saturated rings. The van der Waals surface area contributed by atoms with E-state index in [1.54, 1.807) is 0 Å². The van der Waals surface area contributed by atoms with Crippen LogP contribution in [0.5, 0.6) is 0 Å². The molecule has 1 unspecified atom stereocenters. The summed E-state index contributed by atoms with van der Waals surface area (Å²) in [5, 5.41) is 3.62. The van der Waals surface area contributed by atoms with Gasteiger partial charge >= 0.3 is 0 Å². The van der Waals surface area contributed by atoms with E-state index in [0.29, 0.717) is 6.04 Å². The van der Waals surface area contributed by atoms with E-state index in [0.717, 1.165) is 6.54 Å². The lowest BCUT2D eigenvalue weighted by Crippen LogP contribution is -2.37. The molecule has 0 amide bonds.